The molecule has 4 heterocycles. The zero-order valence-electron chi connectivity index (χ0n) is 18.1. The van der Waals surface area contributed by atoms with Gasteiger partial charge in [0.1, 0.15) is 5.69 Å². The summed E-state index contributed by atoms with van der Waals surface area (Å²) in [5.74, 6) is 0.346. The number of amides is 2. The zero-order valence-corrected chi connectivity index (χ0v) is 18.1. The summed E-state index contributed by atoms with van der Waals surface area (Å²) >= 11 is 0. The van der Waals surface area contributed by atoms with Crippen LogP contribution >= 0.6 is 0 Å². The summed E-state index contributed by atoms with van der Waals surface area (Å²) < 4.78 is 5.72. The van der Waals surface area contributed by atoms with Gasteiger partial charge in [0.25, 0.3) is 11.8 Å². The van der Waals surface area contributed by atoms with Gasteiger partial charge in [0, 0.05) is 39.8 Å². The smallest absolute Gasteiger partial charge is 0.269 e. The van der Waals surface area contributed by atoms with E-state index in [4.69, 9.17) is 4.74 Å². The third kappa shape index (κ3) is 4.46. The molecule has 1 saturated heterocycles. The van der Waals surface area contributed by atoms with Crippen molar-refractivity contribution in [2.24, 2.45) is 0 Å². The molecule has 0 saturated carbocycles. The number of aryl methyl sites for hydroxylation is 1. The van der Waals surface area contributed by atoms with Gasteiger partial charge in [-0.25, -0.2) is 4.98 Å². The lowest BCUT2D eigenvalue weighted by molar-refractivity contribution is -0.123. The first kappa shape index (κ1) is 21.0. The number of carbonyl (C=O) groups excluding carboxylic acids is 2. The van der Waals surface area contributed by atoms with Crippen molar-refractivity contribution < 1.29 is 14.3 Å². The second-order valence-corrected chi connectivity index (χ2v) is 7.82. The van der Waals surface area contributed by atoms with E-state index in [0.29, 0.717) is 30.1 Å². The van der Waals surface area contributed by atoms with Crippen LogP contribution in [0.15, 0.2) is 24.4 Å². The summed E-state index contributed by atoms with van der Waals surface area (Å²) in [4.78, 5) is 37.4. The summed E-state index contributed by atoms with van der Waals surface area (Å²) in [6, 6.07) is 5.64. The Hall–Kier alpha value is -3.20. The van der Waals surface area contributed by atoms with Crippen molar-refractivity contribution in [1.29, 1.82) is 0 Å². The number of nitrogens with one attached hydrogen (secondary N) is 2. The van der Waals surface area contributed by atoms with Crippen molar-refractivity contribution in [2.75, 3.05) is 43.4 Å². The van der Waals surface area contributed by atoms with E-state index >= 15 is 0 Å². The van der Waals surface area contributed by atoms with E-state index in [9.17, 15) is 9.59 Å². The van der Waals surface area contributed by atoms with Crippen LogP contribution in [0.1, 0.15) is 35.2 Å². The van der Waals surface area contributed by atoms with Crippen molar-refractivity contribution in [1.82, 2.24) is 20.2 Å². The van der Waals surface area contributed by atoms with E-state index in [0.717, 1.165) is 43.3 Å². The first-order chi connectivity index (χ1) is 15.0. The molecule has 1 unspecified atom stereocenters. The SMILES string of the molecule is CCC1Oc2cnc(CN3CCN(c4ccc(C(=O)NC)nc4C)CC3)cc2NC1=O. The number of nitrogens with zero attached hydrogens (tertiary/aromatic N) is 4. The van der Waals surface area contributed by atoms with Gasteiger partial charge in [0.15, 0.2) is 11.9 Å². The first-order valence-corrected chi connectivity index (χ1v) is 10.6. The van der Waals surface area contributed by atoms with E-state index in [1.54, 1.807) is 19.3 Å². The highest BCUT2D eigenvalue weighted by atomic mass is 16.5. The molecule has 0 bridgehead atoms. The molecule has 2 aromatic heterocycles. The fraction of sp³-hybridized carbons (Fsp3) is 0.455. The van der Waals surface area contributed by atoms with Gasteiger partial charge in [-0.3, -0.25) is 19.5 Å². The number of aromatic nitrogens is 2. The van der Waals surface area contributed by atoms with Gasteiger partial charge in [-0.05, 0) is 31.5 Å². The Kier molecular flexibility index (Phi) is 6.03. The third-order valence-corrected chi connectivity index (χ3v) is 5.73. The van der Waals surface area contributed by atoms with E-state index in [1.165, 1.54) is 0 Å². The van der Waals surface area contributed by atoms with Crippen LogP contribution in [-0.2, 0) is 11.3 Å². The molecule has 2 amide bonds. The van der Waals surface area contributed by atoms with Crippen LogP contribution in [-0.4, -0.2) is 66.0 Å². The molecule has 2 aliphatic rings. The molecular formula is C22H28N6O3. The highest BCUT2D eigenvalue weighted by molar-refractivity contribution is 5.97. The molecule has 0 aliphatic carbocycles. The lowest BCUT2D eigenvalue weighted by Gasteiger charge is -2.36. The summed E-state index contributed by atoms with van der Waals surface area (Å²) in [5, 5.41) is 5.53. The Morgan fingerprint density at radius 1 is 1.29 bits per heavy atom. The molecule has 9 nitrogen and oxygen atoms in total. The second-order valence-electron chi connectivity index (χ2n) is 7.82. The van der Waals surface area contributed by atoms with Gasteiger partial charge in [-0.15, -0.1) is 0 Å². The minimum Gasteiger partial charge on any atom is -0.477 e. The molecule has 9 heteroatoms. The van der Waals surface area contributed by atoms with Gasteiger partial charge < -0.3 is 20.3 Å². The fourth-order valence-electron chi connectivity index (χ4n) is 3.97. The third-order valence-electron chi connectivity index (χ3n) is 5.73. The van der Waals surface area contributed by atoms with E-state index < -0.39 is 6.10 Å². The van der Waals surface area contributed by atoms with E-state index in [-0.39, 0.29) is 11.8 Å². The van der Waals surface area contributed by atoms with Crippen LogP contribution in [0.25, 0.3) is 0 Å². The Bertz CT molecular complexity index is 987. The topological polar surface area (TPSA) is 99.7 Å². The Balaban J connectivity index is 1.36. The highest BCUT2D eigenvalue weighted by Gasteiger charge is 2.27. The fourth-order valence-corrected chi connectivity index (χ4v) is 3.97. The number of anilines is 2. The van der Waals surface area contributed by atoms with Crippen molar-refractivity contribution in [2.45, 2.75) is 32.9 Å². The zero-order chi connectivity index (χ0) is 22.0. The molecular weight excluding hydrogens is 396 g/mol. The first-order valence-electron chi connectivity index (χ1n) is 10.6. The molecule has 0 aromatic carbocycles. The van der Waals surface area contributed by atoms with Crippen LogP contribution in [0.4, 0.5) is 11.4 Å². The molecule has 4 rings (SSSR count). The normalized spacial score (nSPS) is 18.7. The maximum atomic E-state index is 12.1. The Labute approximate surface area is 181 Å². The molecule has 164 valence electrons. The monoisotopic (exact) mass is 424 g/mol. The largest absolute Gasteiger partial charge is 0.477 e. The molecule has 0 spiro atoms. The molecule has 1 fully saturated rings. The van der Waals surface area contributed by atoms with Gasteiger partial charge in [-0.1, -0.05) is 6.92 Å². The molecule has 0 radical (unpaired) electrons. The van der Waals surface area contributed by atoms with Crippen LogP contribution in [0.3, 0.4) is 0 Å². The standard InChI is InChI=1S/C22H28N6O3/c1-4-19-22(30)26-17-11-15(24-12-20(17)31-19)13-27-7-9-28(10-8-27)18-6-5-16(21(29)23-3)25-14(18)2/h5-6,11-12,19H,4,7-10,13H2,1-3H3,(H,23,29)(H,26,30). The van der Waals surface area contributed by atoms with E-state index in [2.05, 4.69) is 30.4 Å². The van der Waals surface area contributed by atoms with Crippen LogP contribution < -0.4 is 20.3 Å². The summed E-state index contributed by atoms with van der Waals surface area (Å²) in [7, 11) is 1.60. The number of hydrogen-bond donors (Lipinski definition) is 2. The lowest BCUT2D eigenvalue weighted by Crippen LogP contribution is -2.46. The average Bonchev–Trinajstić information content (AvgIpc) is 2.78. The molecule has 2 N–H and O–H groups in total. The minimum absolute atomic E-state index is 0.104. The predicted octanol–water partition coefficient (Wildman–Crippen LogP) is 1.58. The van der Waals surface area contributed by atoms with E-state index in [1.807, 2.05) is 26.0 Å². The number of pyridine rings is 2. The molecule has 1 atom stereocenters. The number of piperazine rings is 1. The Morgan fingerprint density at radius 2 is 2.06 bits per heavy atom. The quantitative estimate of drug-likeness (QED) is 0.752. The summed E-state index contributed by atoms with van der Waals surface area (Å²) in [6.07, 6.45) is 1.88. The summed E-state index contributed by atoms with van der Waals surface area (Å²) in [5.41, 5.74) is 3.94. The van der Waals surface area contributed by atoms with Crippen molar-refractivity contribution in [3.8, 4) is 5.75 Å². The maximum absolute atomic E-state index is 12.1. The van der Waals surface area contributed by atoms with Crippen molar-refractivity contribution in [3.05, 3.63) is 41.5 Å². The maximum Gasteiger partial charge on any atom is 0.269 e. The van der Waals surface area contributed by atoms with Crippen molar-refractivity contribution >= 4 is 23.2 Å². The number of hydrogen-bond acceptors (Lipinski definition) is 7. The molecule has 31 heavy (non-hydrogen) atoms. The van der Waals surface area contributed by atoms with Gasteiger partial charge in [0.2, 0.25) is 0 Å². The average molecular weight is 425 g/mol. The second kappa shape index (κ2) is 8.89. The predicted molar refractivity (Wildman–Crippen MR) is 117 cm³/mol. The van der Waals surface area contributed by atoms with Gasteiger partial charge in [0.05, 0.1) is 29.0 Å². The lowest BCUT2D eigenvalue weighted by atomic mass is 10.2. The van der Waals surface area contributed by atoms with Crippen LogP contribution in [0.5, 0.6) is 5.75 Å². The molecule has 2 aliphatic heterocycles. The highest BCUT2D eigenvalue weighted by Crippen LogP contribution is 2.30. The van der Waals surface area contributed by atoms with Gasteiger partial charge in [-0.2, -0.15) is 0 Å². The summed E-state index contributed by atoms with van der Waals surface area (Å²) in [6.45, 7) is 8.07. The number of rotatable bonds is 5. The van der Waals surface area contributed by atoms with Crippen LogP contribution in [0.2, 0.25) is 0 Å². The number of ether oxygens (including phenoxy) is 1. The van der Waals surface area contributed by atoms with Gasteiger partial charge >= 0.3 is 0 Å². The minimum atomic E-state index is -0.448. The van der Waals surface area contributed by atoms with Crippen LogP contribution in [0, 0.1) is 6.92 Å². The van der Waals surface area contributed by atoms with Crippen molar-refractivity contribution in [3.63, 3.8) is 0 Å². The Morgan fingerprint density at radius 3 is 2.74 bits per heavy atom. The molecule has 2 aromatic rings. The number of fused-ring (bicyclic) bond motifs is 1. The number of carbonyl (C=O) groups is 2.